The van der Waals surface area contributed by atoms with Crippen molar-refractivity contribution in [2.45, 2.75) is 78.1 Å². The summed E-state index contributed by atoms with van der Waals surface area (Å²) in [6, 6.07) is 0. The van der Waals surface area contributed by atoms with E-state index >= 15 is 0 Å². The molecule has 0 heterocycles. The van der Waals surface area contributed by atoms with Crippen molar-refractivity contribution in [3.8, 4) is 0 Å². The third kappa shape index (κ3) is 7.79. The molecule has 110 valence electrons. The molecule has 3 heteroatoms. The van der Waals surface area contributed by atoms with Gasteiger partial charge in [-0.1, -0.05) is 52.0 Å². The molecular formula is C16H31BO2. The summed E-state index contributed by atoms with van der Waals surface area (Å²) in [5.74, 6) is 0. The maximum atomic E-state index is 5.97. The second kappa shape index (κ2) is 11.5. The van der Waals surface area contributed by atoms with Crippen LogP contribution in [-0.4, -0.2) is 20.3 Å². The molecular weight excluding hydrogens is 235 g/mol. The first kappa shape index (κ1) is 16.8. The number of unbranched alkanes of at least 4 members (excludes halogenated alkanes) is 2. The molecule has 0 bridgehead atoms. The molecule has 0 aromatic rings. The Morgan fingerprint density at radius 2 is 1.58 bits per heavy atom. The van der Waals surface area contributed by atoms with Crippen LogP contribution in [0.2, 0.25) is 0 Å². The van der Waals surface area contributed by atoms with Crippen molar-refractivity contribution < 1.29 is 9.31 Å². The predicted molar refractivity (Wildman–Crippen MR) is 83.3 cm³/mol. The van der Waals surface area contributed by atoms with Crippen molar-refractivity contribution in [1.29, 1.82) is 0 Å². The van der Waals surface area contributed by atoms with Gasteiger partial charge in [-0.3, -0.25) is 0 Å². The predicted octanol–water partition coefficient (Wildman–Crippen LogP) is 4.93. The second-order valence-electron chi connectivity index (χ2n) is 5.51. The van der Waals surface area contributed by atoms with Gasteiger partial charge in [0.05, 0.1) is 0 Å². The lowest BCUT2D eigenvalue weighted by Gasteiger charge is -2.19. The van der Waals surface area contributed by atoms with Crippen LogP contribution in [0.15, 0.2) is 11.5 Å². The molecule has 0 atom stereocenters. The van der Waals surface area contributed by atoms with Gasteiger partial charge in [0.25, 0.3) is 0 Å². The Kier molecular flexibility index (Phi) is 10.2. The monoisotopic (exact) mass is 266 g/mol. The lowest BCUT2D eigenvalue weighted by molar-refractivity contribution is 0.197. The molecule has 0 N–H and O–H groups in total. The van der Waals surface area contributed by atoms with E-state index in [-0.39, 0.29) is 7.12 Å². The van der Waals surface area contributed by atoms with E-state index in [2.05, 4.69) is 19.9 Å². The SMILES string of the molecule is CCCCOB(OCCCC)C1=CCCCCCC1. The zero-order valence-corrected chi connectivity index (χ0v) is 13.0. The van der Waals surface area contributed by atoms with Crippen molar-refractivity contribution in [1.82, 2.24) is 0 Å². The van der Waals surface area contributed by atoms with E-state index in [0.717, 1.165) is 32.5 Å². The fraction of sp³-hybridized carbons (Fsp3) is 0.875. The van der Waals surface area contributed by atoms with Crippen molar-refractivity contribution in [3.05, 3.63) is 11.5 Å². The molecule has 0 saturated carbocycles. The minimum absolute atomic E-state index is 0.0730. The number of rotatable bonds is 9. The van der Waals surface area contributed by atoms with Gasteiger partial charge in [-0.2, -0.15) is 0 Å². The molecule has 1 rings (SSSR count). The Labute approximate surface area is 120 Å². The average Bonchev–Trinajstić information content (AvgIpc) is 2.37. The van der Waals surface area contributed by atoms with Crippen molar-refractivity contribution in [2.75, 3.05) is 13.2 Å². The Balaban J connectivity index is 2.47. The molecule has 19 heavy (non-hydrogen) atoms. The summed E-state index contributed by atoms with van der Waals surface area (Å²) < 4.78 is 11.9. The zero-order valence-electron chi connectivity index (χ0n) is 13.0. The summed E-state index contributed by atoms with van der Waals surface area (Å²) in [7, 11) is -0.0730. The summed E-state index contributed by atoms with van der Waals surface area (Å²) in [5, 5.41) is 0. The van der Waals surface area contributed by atoms with Gasteiger partial charge in [0.15, 0.2) is 0 Å². The van der Waals surface area contributed by atoms with Crippen LogP contribution in [0.5, 0.6) is 0 Å². The normalized spacial score (nSPS) is 16.6. The van der Waals surface area contributed by atoms with Crippen molar-refractivity contribution in [2.24, 2.45) is 0 Å². The Morgan fingerprint density at radius 3 is 2.21 bits per heavy atom. The minimum atomic E-state index is -0.0730. The molecule has 2 nitrogen and oxygen atoms in total. The summed E-state index contributed by atoms with van der Waals surface area (Å²) >= 11 is 0. The standard InChI is InChI=1S/C16H31BO2/c1-3-5-14-18-17(19-15-6-4-2)16-12-10-8-7-9-11-13-16/h12H,3-11,13-15H2,1-2H3. The van der Waals surface area contributed by atoms with E-state index in [1.54, 1.807) is 0 Å². The molecule has 1 aliphatic rings. The van der Waals surface area contributed by atoms with Crippen LogP contribution >= 0.6 is 0 Å². The van der Waals surface area contributed by atoms with E-state index in [0.29, 0.717) is 0 Å². The maximum absolute atomic E-state index is 5.97. The van der Waals surface area contributed by atoms with E-state index in [9.17, 15) is 0 Å². The molecule has 0 unspecified atom stereocenters. The van der Waals surface area contributed by atoms with Crippen LogP contribution < -0.4 is 0 Å². The van der Waals surface area contributed by atoms with Gasteiger partial charge >= 0.3 is 7.12 Å². The molecule has 0 spiro atoms. The molecule has 1 aliphatic carbocycles. The lowest BCUT2D eigenvalue weighted by Crippen LogP contribution is -2.27. The van der Waals surface area contributed by atoms with Gasteiger partial charge in [0.2, 0.25) is 0 Å². The molecule has 0 amide bonds. The van der Waals surface area contributed by atoms with Gasteiger partial charge in [-0.15, -0.1) is 0 Å². The molecule has 0 aromatic heterocycles. The average molecular weight is 266 g/mol. The third-order valence-electron chi connectivity index (χ3n) is 3.66. The van der Waals surface area contributed by atoms with Crippen molar-refractivity contribution >= 4 is 7.12 Å². The summed E-state index contributed by atoms with van der Waals surface area (Å²) in [6.07, 6.45) is 14.7. The highest BCUT2D eigenvalue weighted by Crippen LogP contribution is 2.20. The molecule has 0 aliphatic heterocycles. The first-order chi connectivity index (χ1) is 9.38. The highest BCUT2D eigenvalue weighted by molar-refractivity contribution is 6.53. The van der Waals surface area contributed by atoms with Gasteiger partial charge < -0.3 is 9.31 Å². The number of hydrogen-bond acceptors (Lipinski definition) is 2. The van der Waals surface area contributed by atoms with Crippen LogP contribution in [0.25, 0.3) is 0 Å². The maximum Gasteiger partial charge on any atom is 0.489 e. The van der Waals surface area contributed by atoms with Crippen LogP contribution in [0, 0.1) is 0 Å². The van der Waals surface area contributed by atoms with Crippen LogP contribution in [-0.2, 0) is 9.31 Å². The molecule has 0 radical (unpaired) electrons. The van der Waals surface area contributed by atoms with E-state index < -0.39 is 0 Å². The van der Waals surface area contributed by atoms with Gasteiger partial charge in [0.1, 0.15) is 0 Å². The zero-order chi connectivity index (χ0) is 13.8. The van der Waals surface area contributed by atoms with Gasteiger partial charge in [-0.25, -0.2) is 0 Å². The first-order valence-corrected chi connectivity index (χ1v) is 8.30. The third-order valence-corrected chi connectivity index (χ3v) is 3.66. The number of hydrogen-bond donors (Lipinski definition) is 0. The first-order valence-electron chi connectivity index (χ1n) is 8.30. The minimum Gasteiger partial charge on any atom is -0.407 e. The number of allylic oxidation sites excluding steroid dienone is 2. The summed E-state index contributed by atoms with van der Waals surface area (Å²) in [4.78, 5) is 0. The Morgan fingerprint density at radius 1 is 0.947 bits per heavy atom. The van der Waals surface area contributed by atoms with E-state index in [4.69, 9.17) is 9.31 Å². The molecule has 0 fully saturated rings. The highest BCUT2D eigenvalue weighted by atomic mass is 16.6. The quantitative estimate of drug-likeness (QED) is 0.435. The van der Waals surface area contributed by atoms with Crippen LogP contribution in [0.3, 0.4) is 0 Å². The molecule has 0 saturated heterocycles. The smallest absolute Gasteiger partial charge is 0.407 e. The largest absolute Gasteiger partial charge is 0.489 e. The lowest BCUT2D eigenvalue weighted by atomic mass is 9.73. The fourth-order valence-electron chi connectivity index (χ4n) is 2.36. The summed E-state index contributed by atoms with van der Waals surface area (Å²) in [5.41, 5.74) is 1.40. The van der Waals surface area contributed by atoms with E-state index in [1.165, 1.54) is 50.4 Å². The second-order valence-corrected chi connectivity index (χ2v) is 5.51. The molecule has 0 aromatic carbocycles. The summed E-state index contributed by atoms with van der Waals surface area (Å²) in [6.45, 7) is 6.05. The Hall–Kier alpha value is -0.275. The Bertz CT molecular complexity index is 231. The fourth-order valence-corrected chi connectivity index (χ4v) is 2.36. The van der Waals surface area contributed by atoms with Gasteiger partial charge in [-0.05, 0) is 37.6 Å². The van der Waals surface area contributed by atoms with E-state index in [1.807, 2.05) is 0 Å². The van der Waals surface area contributed by atoms with Crippen LogP contribution in [0.1, 0.15) is 78.1 Å². The highest BCUT2D eigenvalue weighted by Gasteiger charge is 2.23. The van der Waals surface area contributed by atoms with Crippen molar-refractivity contribution in [3.63, 3.8) is 0 Å². The topological polar surface area (TPSA) is 18.5 Å². The van der Waals surface area contributed by atoms with Crippen LogP contribution in [0.4, 0.5) is 0 Å². The van der Waals surface area contributed by atoms with Gasteiger partial charge in [0, 0.05) is 13.2 Å².